The lowest BCUT2D eigenvalue weighted by Crippen LogP contribution is -2.30. The van der Waals surface area contributed by atoms with Gasteiger partial charge in [-0.05, 0) is 29.8 Å². The molecule has 2 rings (SSSR count). The summed E-state index contributed by atoms with van der Waals surface area (Å²) in [6.45, 7) is 4.38. The van der Waals surface area contributed by atoms with Crippen molar-refractivity contribution in [2.24, 2.45) is 5.10 Å². The quantitative estimate of drug-likeness (QED) is 0.615. The van der Waals surface area contributed by atoms with Crippen LogP contribution in [0.15, 0.2) is 52.6 Å². The number of rotatable bonds is 7. The van der Waals surface area contributed by atoms with Crippen molar-refractivity contribution in [3.05, 3.63) is 54.0 Å². The molecule has 2 aromatic rings. The summed E-state index contributed by atoms with van der Waals surface area (Å²) in [6, 6.07) is 8.88. The smallest absolute Gasteiger partial charge is 0.244 e. The second kappa shape index (κ2) is 7.98. The van der Waals surface area contributed by atoms with Gasteiger partial charge in [0.25, 0.3) is 0 Å². The van der Waals surface area contributed by atoms with E-state index in [1.807, 2.05) is 0 Å². The van der Waals surface area contributed by atoms with E-state index in [2.05, 4.69) is 15.5 Å². The zero-order valence-electron chi connectivity index (χ0n) is 13.5. The van der Waals surface area contributed by atoms with E-state index < -0.39 is 10.0 Å². The third kappa shape index (κ3) is 4.36. The highest BCUT2D eigenvalue weighted by molar-refractivity contribution is 7.89. The first kappa shape index (κ1) is 18.0. The average Bonchev–Trinajstić information content (AvgIpc) is 2.58. The Bertz CT molecular complexity index is 786. The van der Waals surface area contributed by atoms with E-state index in [1.54, 1.807) is 32.0 Å². The number of anilines is 1. The molecular formula is C16H19FN4O2S. The Hall–Kier alpha value is -2.32. The van der Waals surface area contributed by atoms with Gasteiger partial charge >= 0.3 is 0 Å². The summed E-state index contributed by atoms with van der Waals surface area (Å²) in [5.74, 6) is 0.0960. The first-order valence-electron chi connectivity index (χ1n) is 7.48. The van der Waals surface area contributed by atoms with Crippen molar-refractivity contribution in [2.45, 2.75) is 18.7 Å². The predicted octanol–water partition coefficient (Wildman–Crippen LogP) is 2.70. The summed E-state index contributed by atoms with van der Waals surface area (Å²) in [6.07, 6.45) is 2.81. The van der Waals surface area contributed by atoms with Crippen molar-refractivity contribution < 1.29 is 12.8 Å². The number of hydrogen-bond acceptors (Lipinski definition) is 5. The van der Waals surface area contributed by atoms with Crippen LogP contribution in [0.3, 0.4) is 0 Å². The minimum Gasteiger partial charge on any atom is -0.261 e. The lowest BCUT2D eigenvalue weighted by Gasteiger charge is -2.18. The molecule has 0 spiro atoms. The standard InChI is InChI=1S/C16H19FN4O2S/c1-3-21(4-2)24(22,23)15-9-10-16(18-12-15)20-19-11-13-5-7-14(17)8-6-13/h5-12H,3-4H2,1-2H3,(H,18,20)/b19-11-. The number of pyridine rings is 1. The predicted molar refractivity (Wildman–Crippen MR) is 92.0 cm³/mol. The van der Waals surface area contributed by atoms with Crippen LogP contribution < -0.4 is 5.43 Å². The summed E-state index contributed by atoms with van der Waals surface area (Å²) >= 11 is 0. The van der Waals surface area contributed by atoms with Gasteiger partial charge in [0.05, 0.1) is 6.21 Å². The molecule has 0 aliphatic rings. The largest absolute Gasteiger partial charge is 0.261 e. The monoisotopic (exact) mass is 350 g/mol. The third-order valence-corrected chi connectivity index (χ3v) is 5.38. The van der Waals surface area contributed by atoms with E-state index in [9.17, 15) is 12.8 Å². The van der Waals surface area contributed by atoms with Gasteiger partial charge in [-0.1, -0.05) is 26.0 Å². The molecule has 0 fully saturated rings. The number of benzene rings is 1. The lowest BCUT2D eigenvalue weighted by atomic mass is 10.2. The minimum absolute atomic E-state index is 0.138. The van der Waals surface area contributed by atoms with Crippen molar-refractivity contribution in [1.29, 1.82) is 0 Å². The maximum absolute atomic E-state index is 12.8. The highest BCUT2D eigenvalue weighted by Crippen LogP contribution is 2.16. The van der Waals surface area contributed by atoms with E-state index in [1.165, 1.54) is 34.9 Å². The minimum atomic E-state index is -3.52. The van der Waals surface area contributed by atoms with Crippen LogP contribution in [0.4, 0.5) is 10.2 Å². The number of hydrogen-bond donors (Lipinski definition) is 1. The SMILES string of the molecule is CCN(CC)S(=O)(=O)c1ccc(N/N=C\c2ccc(F)cc2)nc1. The molecule has 0 saturated heterocycles. The van der Waals surface area contributed by atoms with Crippen LogP contribution in [0, 0.1) is 5.82 Å². The van der Waals surface area contributed by atoms with Crippen LogP contribution in [0.1, 0.15) is 19.4 Å². The molecule has 6 nitrogen and oxygen atoms in total. The first-order chi connectivity index (χ1) is 11.5. The van der Waals surface area contributed by atoms with Gasteiger partial charge in [-0.2, -0.15) is 9.41 Å². The molecule has 0 aliphatic carbocycles. The van der Waals surface area contributed by atoms with Crippen LogP contribution in [0.2, 0.25) is 0 Å². The van der Waals surface area contributed by atoms with Gasteiger partial charge in [0.2, 0.25) is 10.0 Å². The number of sulfonamides is 1. The van der Waals surface area contributed by atoms with E-state index >= 15 is 0 Å². The molecule has 0 radical (unpaired) electrons. The molecule has 1 N–H and O–H groups in total. The van der Waals surface area contributed by atoms with Crippen LogP contribution in [0.25, 0.3) is 0 Å². The van der Waals surface area contributed by atoms with Gasteiger partial charge in [-0.25, -0.2) is 17.8 Å². The summed E-state index contributed by atoms with van der Waals surface area (Å²) < 4.78 is 38.8. The number of nitrogens with one attached hydrogen (secondary N) is 1. The summed E-state index contributed by atoms with van der Waals surface area (Å²) in [5.41, 5.74) is 3.43. The number of nitrogens with zero attached hydrogens (tertiary/aromatic N) is 3. The summed E-state index contributed by atoms with van der Waals surface area (Å²) in [7, 11) is -3.52. The molecule has 1 aromatic carbocycles. The second-order valence-electron chi connectivity index (χ2n) is 4.89. The topological polar surface area (TPSA) is 74.7 Å². The van der Waals surface area contributed by atoms with Crippen molar-refractivity contribution in [1.82, 2.24) is 9.29 Å². The Morgan fingerprint density at radius 3 is 2.38 bits per heavy atom. The Morgan fingerprint density at radius 2 is 1.83 bits per heavy atom. The fourth-order valence-corrected chi connectivity index (χ4v) is 3.44. The van der Waals surface area contributed by atoms with Gasteiger partial charge in [0, 0.05) is 19.3 Å². The molecule has 1 heterocycles. The molecule has 128 valence electrons. The van der Waals surface area contributed by atoms with Gasteiger partial charge < -0.3 is 0 Å². The Labute approximate surface area is 141 Å². The van der Waals surface area contributed by atoms with Gasteiger partial charge in [-0.15, -0.1) is 0 Å². The zero-order chi connectivity index (χ0) is 17.6. The molecule has 8 heteroatoms. The van der Waals surface area contributed by atoms with Crippen LogP contribution in [0.5, 0.6) is 0 Å². The molecule has 1 aromatic heterocycles. The number of hydrazone groups is 1. The Kier molecular flexibility index (Phi) is 5.99. The molecule has 0 aliphatic heterocycles. The molecule has 24 heavy (non-hydrogen) atoms. The maximum atomic E-state index is 12.8. The van der Waals surface area contributed by atoms with Gasteiger partial charge in [-0.3, -0.25) is 5.43 Å². The fourth-order valence-electron chi connectivity index (χ4n) is 2.03. The van der Waals surface area contributed by atoms with E-state index in [-0.39, 0.29) is 10.7 Å². The Balaban J connectivity index is 2.05. The maximum Gasteiger partial charge on any atom is 0.244 e. The second-order valence-corrected chi connectivity index (χ2v) is 6.83. The Morgan fingerprint density at radius 1 is 1.17 bits per heavy atom. The molecular weight excluding hydrogens is 331 g/mol. The normalized spacial score (nSPS) is 12.0. The van der Waals surface area contributed by atoms with Crippen molar-refractivity contribution >= 4 is 22.1 Å². The summed E-state index contributed by atoms with van der Waals surface area (Å²) in [4.78, 5) is 4.19. The van der Waals surface area contributed by atoms with Gasteiger partial charge in [0.15, 0.2) is 0 Å². The molecule has 0 unspecified atom stereocenters. The highest BCUT2D eigenvalue weighted by Gasteiger charge is 2.21. The number of halogens is 1. The summed E-state index contributed by atoms with van der Waals surface area (Å²) in [5, 5.41) is 3.98. The van der Waals surface area contributed by atoms with E-state index in [0.29, 0.717) is 18.9 Å². The molecule has 0 bridgehead atoms. The zero-order valence-corrected chi connectivity index (χ0v) is 14.3. The van der Waals surface area contributed by atoms with E-state index in [4.69, 9.17) is 0 Å². The first-order valence-corrected chi connectivity index (χ1v) is 8.92. The molecule has 0 saturated carbocycles. The van der Waals surface area contributed by atoms with Crippen molar-refractivity contribution in [2.75, 3.05) is 18.5 Å². The third-order valence-electron chi connectivity index (χ3n) is 3.34. The lowest BCUT2D eigenvalue weighted by molar-refractivity contribution is 0.445. The fraction of sp³-hybridized carbons (Fsp3) is 0.250. The van der Waals surface area contributed by atoms with Crippen LogP contribution in [-0.4, -0.2) is 37.0 Å². The van der Waals surface area contributed by atoms with Gasteiger partial charge in [0.1, 0.15) is 16.5 Å². The van der Waals surface area contributed by atoms with E-state index in [0.717, 1.165) is 5.56 Å². The van der Waals surface area contributed by atoms with Crippen molar-refractivity contribution in [3.63, 3.8) is 0 Å². The molecule has 0 amide bonds. The number of aromatic nitrogens is 1. The van der Waals surface area contributed by atoms with Crippen molar-refractivity contribution in [3.8, 4) is 0 Å². The highest BCUT2D eigenvalue weighted by atomic mass is 32.2. The van der Waals surface area contributed by atoms with Crippen LogP contribution in [-0.2, 0) is 10.0 Å². The molecule has 0 atom stereocenters. The van der Waals surface area contributed by atoms with Crippen LogP contribution >= 0.6 is 0 Å². The average molecular weight is 350 g/mol.